The standard InChI is InChI=1S/C17H24Cl2O3/c1-3-4-5-6-7-8-9-12-22-17(20)15-13(18)10-11-14(19)16(15)21-2/h10-11H,3-9,12H2,1-2H3. The minimum atomic E-state index is -0.490. The molecule has 0 amide bonds. The lowest BCUT2D eigenvalue weighted by atomic mass is 10.1. The Morgan fingerprint density at radius 1 is 1.00 bits per heavy atom. The monoisotopic (exact) mass is 346 g/mol. The number of unbranched alkanes of at least 4 members (excludes halogenated alkanes) is 6. The van der Waals surface area contributed by atoms with Gasteiger partial charge in [0.15, 0.2) is 5.75 Å². The van der Waals surface area contributed by atoms with Crippen LogP contribution in [0.4, 0.5) is 0 Å². The number of carbonyl (C=O) groups excluding carboxylic acids is 1. The number of benzene rings is 1. The van der Waals surface area contributed by atoms with E-state index in [1.54, 1.807) is 12.1 Å². The number of ether oxygens (including phenoxy) is 2. The van der Waals surface area contributed by atoms with E-state index >= 15 is 0 Å². The first-order valence-corrected chi connectivity index (χ1v) is 8.56. The minimum Gasteiger partial charge on any atom is -0.494 e. The van der Waals surface area contributed by atoms with E-state index in [0.717, 1.165) is 12.8 Å². The van der Waals surface area contributed by atoms with Crippen molar-refractivity contribution in [2.24, 2.45) is 0 Å². The first-order chi connectivity index (χ1) is 10.6. The van der Waals surface area contributed by atoms with Crippen LogP contribution >= 0.6 is 23.2 Å². The first kappa shape index (κ1) is 19.1. The summed E-state index contributed by atoms with van der Waals surface area (Å²) in [6.07, 6.45) is 8.18. The van der Waals surface area contributed by atoms with Gasteiger partial charge in [0.2, 0.25) is 0 Å². The molecule has 0 bridgehead atoms. The second kappa shape index (κ2) is 10.7. The molecule has 1 rings (SSSR count). The van der Waals surface area contributed by atoms with Crippen LogP contribution in [0.1, 0.15) is 62.2 Å². The summed E-state index contributed by atoms with van der Waals surface area (Å²) in [5.41, 5.74) is 0.194. The van der Waals surface area contributed by atoms with Crippen LogP contribution in [0.3, 0.4) is 0 Å². The molecule has 1 aromatic carbocycles. The quantitative estimate of drug-likeness (QED) is 0.390. The highest BCUT2D eigenvalue weighted by atomic mass is 35.5. The molecular weight excluding hydrogens is 323 g/mol. The van der Waals surface area contributed by atoms with E-state index in [0.29, 0.717) is 11.6 Å². The molecule has 0 radical (unpaired) electrons. The van der Waals surface area contributed by atoms with Crippen molar-refractivity contribution < 1.29 is 14.3 Å². The molecule has 0 aromatic heterocycles. The van der Waals surface area contributed by atoms with Gasteiger partial charge in [-0.2, -0.15) is 0 Å². The van der Waals surface area contributed by atoms with Gasteiger partial charge in [-0.15, -0.1) is 0 Å². The molecule has 0 aliphatic carbocycles. The van der Waals surface area contributed by atoms with E-state index in [-0.39, 0.29) is 16.3 Å². The Labute approximate surface area is 142 Å². The van der Waals surface area contributed by atoms with Gasteiger partial charge in [-0.25, -0.2) is 4.79 Å². The topological polar surface area (TPSA) is 35.5 Å². The van der Waals surface area contributed by atoms with Gasteiger partial charge >= 0.3 is 5.97 Å². The second-order valence-corrected chi connectivity index (χ2v) is 6.01. The summed E-state index contributed by atoms with van der Waals surface area (Å²) in [5.74, 6) is -0.228. The molecule has 124 valence electrons. The van der Waals surface area contributed by atoms with Gasteiger partial charge in [0, 0.05) is 0 Å². The highest BCUT2D eigenvalue weighted by Crippen LogP contribution is 2.34. The zero-order chi connectivity index (χ0) is 16.4. The van der Waals surface area contributed by atoms with Crippen molar-refractivity contribution in [2.75, 3.05) is 13.7 Å². The molecule has 0 fully saturated rings. The molecule has 0 aliphatic heterocycles. The van der Waals surface area contributed by atoms with Crippen LogP contribution in [0.5, 0.6) is 5.75 Å². The van der Waals surface area contributed by atoms with Gasteiger partial charge in [-0.1, -0.05) is 68.7 Å². The normalized spacial score (nSPS) is 10.5. The van der Waals surface area contributed by atoms with Gasteiger partial charge in [-0.05, 0) is 18.6 Å². The van der Waals surface area contributed by atoms with Crippen molar-refractivity contribution in [1.29, 1.82) is 0 Å². The van der Waals surface area contributed by atoms with Crippen molar-refractivity contribution in [3.63, 3.8) is 0 Å². The van der Waals surface area contributed by atoms with Gasteiger partial charge in [0.25, 0.3) is 0 Å². The van der Waals surface area contributed by atoms with Crippen LogP contribution < -0.4 is 4.74 Å². The largest absolute Gasteiger partial charge is 0.494 e. The maximum absolute atomic E-state index is 12.1. The first-order valence-electron chi connectivity index (χ1n) is 7.81. The fourth-order valence-electron chi connectivity index (χ4n) is 2.22. The lowest BCUT2D eigenvalue weighted by molar-refractivity contribution is 0.0494. The van der Waals surface area contributed by atoms with Gasteiger partial charge < -0.3 is 9.47 Å². The smallest absolute Gasteiger partial charge is 0.343 e. The zero-order valence-corrected chi connectivity index (χ0v) is 14.8. The number of rotatable bonds is 10. The van der Waals surface area contributed by atoms with E-state index in [2.05, 4.69) is 6.92 Å². The second-order valence-electron chi connectivity index (χ2n) is 5.19. The van der Waals surface area contributed by atoms with Gasteiger partial charge in [0.05, 0.1) is 23.8 Å². The lowest BCUT2D eigenvalue weighted by Crippen LogP contribution is -2.09. The molecule has 22 heavy (non-hydrogen) atoms. The number of methoxy groups -OCH3 is 1. The SMILES string of the molecule is CCCCCCCCCOC(=O)c1c(Cl)ccc(Cl)c1OC. The molecule has 0 aliphatic rings. The van der Waals surface area contributed by atoms with E-state index in [9.17, 15) is 4.79 Å². The van der Waals surface area contributed by atoms with Gasteiger partial charge in [0.1, 0.15) is 5.56 Å². The number of carbonyl (C=O) groups is 1. The average Bonchev–Trinajstić information content (AvgIpc) is 2.51. The summed E-state index contributed by atoms with van der Waals surface area (Å²) in [6.45, 7) is 2.59. The molecule has 0 heterocycles. The molecular formula is C17H24Cl2O3. The summed E-state index contributed by atoms with van der Waals surface area (Å²) >= 11 is 12.0. The Hall–Kier alpha value is -0.930. The van der Waals surface area contributed by atoms with Crippen LogP contribution in [-0.2, 0) is 4.74 Å². The van der Waals surface area contributed by atoms with Crippen LogP contribution in [0.15, 0.2) is 12.1 Å². The fourth-order valence-corrected chi connectivity index (χ4v) is 2.68. The maximum Gasteiger partial charge on any atom is 0.343 e. The van der Waals surface area contributed by atoms with Gasteiger partial charge in [-0.3, -0.25) is 0 Å². The number of hydrogen-bond donors (Lipinski definition) is 0. The van der Waals surface area contributed by atoms with Crippen molar-refractivity contribution in [3.05, 3.63) is 27.7 Å². The Morgan fingerprint density at radius 2 is 1.59 bits per heavy atom. The van der Waals surface area contributed by atoms with Crippen molar-refractivity contribution >= 4 is 29.2 Å². The van der Waals surface area contributed by atoms with Crippen molar-refractivity contribution in [1.82, 2.24) is 0 Å². The van der Waals surface area contributed by atoms with E-state index < -0.39 is 5.97 Å². The molecule has 3 nitrogen and oxygen atoms in total. The zero-order valence-electron chi connectivity index (χ0n) is 13.3. The summed E-state index contributed by atoms with van der Waals surface area (Å²) in [4.78, 5) is 12.1. The maximum atomic E-state index is 12.1. The highest BCUT2D eigenvalue weighted by Gasteiger charge is 2.20. The summed E-state index contributed by atoms with van der Waals surface area (Å²) in [7, 11) is 1.45. The third-order valence-corrected chi connectivity index (χ3v) is 4.06. The molecule has 0 saturated heterocycles. The molecule has 1 aromatic rings. The van der Waals surface area contributed by atoms with E-state index in [1.165, 1.54) is 39.2 Å². The number of esters is 1. The third kappa shape index (κ3) is 6.05. The van der Waals surface area contributed by atoms with E-state index in [1.807, 2.05) is 0 Å². The predicted molar refractivity (Wildman–Crippen MR) is 91.3 cm³/mol. The highest BCUT2D eigenvalue weighted by molar-refractivity contribution is 6.37. The summed E-state index contributed by atoms with van der Waals surface area (Å²) in [5, 5.41) is 0.626. The van der Waals surface area contributed by atoms with Crippen molar-refractivity contribution in [3.8, 4) is 5.75 Å². The number of hydrogen-bond acceptors (Lipinski definition) is 3. The molecule has 5 heteroatoms. The van der Waals surface area contributed by atoms with E-state index in [4.69, 9.17) is 32.7 Å². The van der Waals surface area contributed by atoms with Crippen LogP contribution in [0.2, 0.25) is 10.0 Å². The van der Waals surface area contributed by atoms with Crippen LogP contribution in [-0.4, -0.2) is 19.7 Å². The Morgan fingerprint density at radius 3 is 2.23 bits per heavy atom. The average molecular weight is 347 g/mol. The van der Waals surface area contributed by atoms with Crippen LogP contribution in [0.25, 0.3) is 0 Å². The number of halogens is 2. The summed E-state index contributed by atoms with van der Waals surface area (Å²) < 4.78 is 10.4. The molecule has 0 unspecified atom stereocenters. The van der Waals surface area contributed by atoms with Crippen LogP contribution in [0, 0.1) is 0 Å². The Kier molecular flexibility index (Phi) is 9.33. The molecule has 0 atom stereocenters. The Bertz CT molecular complexity index is 475. The minimum absolute atomic E-state index is 0.194. The lowest BCUT2D eigenvalue weighted by Gasteiger charge is -2.11. The molecule has 0 N–H and O–H groups in total. The Balaban J connectivity index is 2.39. The molecule has 0 saturated carbocycles. The fraction of sp³-hybridized carbons (Fsp3) is 0.588. The third-order valence-electron chi connectivity index (χ3n) is 3.45. The molecule has 0 spiro atoms. The predicted octanol–water partition coefficient (Wildman–Crippen LogP) is 5.91. The summed E-state index contributed by atoms with van der Waals surface area (Å²) in [6, 6.07) is 3.16. The van der Waals surface area contributed by atoms with Crippen molar-refractivity contribution in [2.45, 2.75) is 51.9 Å².